The van der Waals surface area contributed by atoms with Crippen LogP contribution >= 0.6 is 15.9 Å². The fourth-order valence-electron chi connectivity index (χ4n) is 2.39. The lowest BCUT2D eigenvalue weighted by Crippen LogP contribution is -2.26. The van der Waals surface area contributed by atoms with Gasteiger partial charge in [-0.2, -0.15) is 18.2 Å². The summed E-state index contributed by atoms with van der Waals surface area (Å²) in [6, 6.07) is 14.9. The highest BCUT2D eigenvalue weighted by atomic mass is 79.9. The SMILES string of the molecule is CCOC(=O)c1nn(-c2cccc(Br)c2)c(=O)cc1OS(=O)(=O)c1ccccc1. The molecule has 0 radical (unpaired) electrons. The van der Waals surface area contributed by atoms with Gasteiger partial charge in [-0.05, 0) is 37.3 Å². The molecule has 0 unspecified atom stereocenters. The van der Waals surface area contributed by atoms with Crippen molar-refractivity contribution in [2.45, 2.75) is 11.8 Å². The number of benzene rings is 2. The van der Waals surface area contributed by atoms with E-state index >= 15 is 0 Å². The molecule has 150 valence electrons. The first-order valence-electron chi connectivity index (χ1n) is 8.39. The largest absolute Gasteiger partial charge is 0.461 e. The van der Waals surface area contributed by atoms with Crippen molar-refractivity contribution in [3.8, 4) is 11.4 Å². The van der Waals surface area contributed by atoms with Crippen LogP contribution in [0.3, 0.4) is 0 Å². The zero-order valence-corrected chi connectivity index (χ0v) is 17.5. The fraction of sp³-hybridized carbons (Fsp3) is 0.105. The maximum atomic E-state index is 12.6. The molecule has 0 N–H and O–H groups in total. The van der Waals surface area contributed by atoms with E-state index < -0.39 is 33.1 Å². The average Bonchev–Trinajstić information content (AvgIpc) is 2.68. The molecule has 0 amide bonds. The predicted molar refractivity (Wildman–Crippen MR) is 108 cm³/mol. The van der Waals surface area contributed by atoms with Crippen molar-refractivity contribution in [2.24, 2.45) is 0 Å². The molecular weight excluding hydrogens is 464 g/mol. The second-order valence-electron chi connectivity index (χ2n) is 5.66. The first kappa shape index (κ1) is 20.7. The van der Waals surface area contributed by atoms with Gasteiger partial charge >= 0.3 is 16.1 Å². The van der Waals surface area contributed by atoms with Gasteiger partial charge in [0.1, 0.15) is 4.90 Å². The lowest BCUT2D eigenvalue weighted by atomic mass is 10.3. The van der Waals surface area contributed by atoms with Crippen LogP contribution in [0.15, 0.2) is 74.8 Å². The van der Waals surface area contributed by atoms with E-state index in [-0.39, 0.29) is 11.5 Å². The minimum atomic E-state index is -4.29. The van der Waals surface area contributed by atoms with Gasteiger partial charge in [-0.25, -0.2) is 4.79 Å². The van der Waals surface area contributed by atoms with Crippen LogP contribution in [-0.2, 0) is 14.9 Å². The van der Waals surface area contributed by atoms with E-state index in [0.717, 1.165) is 10.7 Å². The zero-order valence-electron chi connectivity index (χ0n) is 15.1. The molecule has 29 heavy (non-hydrogen) atoms. The van der Waals surface area contributed by atoms with Crippen LogP contribution in [0.25, 0.3) is 5.69 Å². The van der Waals surface area contributed by atoms with Crippen molar-refractivity contribution in [3.05, 3.63) is 81.2 Å². The van der Waals surface area contributed by atoms with Crippen LogP contribution < -0.4 is 9.74 Å². The number of hydrogen-bond donors (Lipinski definition) is 0. The molecule has 0 bridgehead atoms. The van der Waals surface area contributed by atoms with Gasteiger partial charge in [0.15, 0.2) is 5.75 Å². The van der Waals surface area contributed by atoms with Crippen LogP contribution in [0.4, 0.5) is 0 Å². The summed E-state index contributed by atoms with van der Waals surface area (Å²) >= 11 is 3.30. The van der Waals surface area contributed by atoms with E-state index in [9.17, 15) is 18.0 Å². The fourth-order valence-corrected chi connectivity index (χ4v) is 3.73. The smallest absolute Gasteiger partial charge is 0.362 e. The molecule has 2 aromatic carbocycles. The van der Waals surface area contributed by atoms with Gasteiger partial charge in [0, 0.05) is 4.47 Å². The summed E-state index contributed by atoms with van der Waals surface area (Å²) in [6.45, 7) is 1.62. The Morgan fingerprint density at radius 1 is 1.10 bits per heavy atom. The Bertz CT molecular complexity index is 1210. The van der Waals surface area contributed by atoms with Crippen molar-refractivity contribution < 1.29 is 22.1 Å². The van der Waals surface area contributed by atoms with Gasteiger partial charge in [-0.15, -0.1) is 0 Å². The number of nitrogens with zero attached hydrogens (tertiary/aromatic N) is 2. The van der Waals surface area contributed by atoms with Crippen molar-refractivity contribution in [2.75, 3.05) is 6.61 Å². The minimum absolute atomic E-state index is 0.0292. The second kappa shape index (κ2) is 8.58. The molecule has 0 saturated carbocycles. The normalized spacial score (nSPS) is 11.1. The maximum absolute atomic E-state index is 12.6. The summed E-state index contributed by atoms with van der Waals surface area (Å²) in [5.74, 6) is -1.43. The molecule has 0 saturated heterocycles. The zero-order chi connectivity index (χ0) is 21.0. The summed E-state index contributed by atoms with van der Waals surface area (Å²) in [5, 5.41) is 4.00. The van der Waals surface area contributed by atoms with Gasteiger partial charge in [0.25, 0.3) is 5.56 Å². The maximum Gasteiger partial charge on any atom is 0.362 e. The highest BCUT2D eigenvalue weighted by Crippen LogP contribution is 2.22. The highest BCUT2D eigenvalue weighted by molar-refractivity contribution is 9.10. The third-order valence-electron chi connectivity index (χ3n) is 3.65. The van der Waals surface area contributed by atoms with Gasteiger partial charge in [-0.1, -0.05) is 40.2 Å². The monoisotopic (exact) mass is 478 g/mol. The second-order valence-corrected chi connectivity index (χ2v) is 8.12. The number of rotatable bonds is 6. The van der Waals surface area contributed by atoms with Crippen molar-refractivity contribution in [1.29, 1.82) is 0 Å². The Balaban J connectivity index is 2.13. The van der Waals surface area contributed by atoms with Crippen LogP contribution in [0.5, 0.6) is 5.75 Å². The molecule has 0 fully saturated rings. The van der Waals surface area contributed by atoms with Gasteiger partial charge < -0.3 is 8.92 Å². The van der Waals surface area contributed by atoms with Crippen LogP contribution in [-0.4, -0.2) is 30.8 Å². The standard InChI is InChI=1S/C19H15BrN2O6S/c1-2-27-19(24)18-16(28-29(25,26)15-9-4-3-5-10-15)12-17(23)22(21-18)14-8-6-7-13(20)11-14/h3-12H,2H2,1H3. The molecular formula is C19H15BrN2O6S. The first-order chi connectivity index (χ1) is 13.8. The lowest BCUT2D eigenvalue weighted by Gasteiger charge is -2.12. The number of aromatic nitrogens is 2. The average molecular weight is 479 g/mol. The summed E-state index contributed by atoms with van der Waals surface area (Å²) in [6.07, 6.45) is 0. The third kappa shape index (κ3) is 4.72. The molecule has 0 spiro atoms. The van der Waals surface area contributed by atoms with E-state index in [2.05, 4.69) is 21.0 Å². The Hall–Kier alpha value is -2.98. The van der Waals surface area contributed by atoms with Crippen molar-refractivity contribution >= 4 is 32.0 Å². The number of halogens is 1. The summed E-state index contributed by atoms with van der Waals surface area (Å²) < 4.78 is 36.7. The Morgan fingerprint density at radius 2 is 1.83 bits per heavy atom. The predicted octanol–water partition coefficient (Wildman–Crippen LogP) is 2.94. The number of ether oxygens (including phenoxy) is 1. The Kier molecular flexibility index (Phi) is 6.14. The van der Waals surface area contributed by atoms with Gasteiger partial charge in [0.05, 0.1) is 18.4 Å². The van der Waals surface area contributed by atoms with Gasteiger partial charge in [0.2, 0.25) is 5.69 Å². The van der Waals surface area contributed by atoms with E-state index in [1.807, 2.05) is 0 Å². The van der Waals surface area contributed by atoms with Gasteiger partial charge in [-0.3, -0.25) is 4.79 Å². The first-order valence-corrected chi connectivity index (χ1v) is 10.6. The van der Waals surface area contributed by atoms with E-state index in [1.165, 1.54) is 24.3 Å². The quantitative estimate of drug-likeness (QED) is 0.396. The molecule has 1 heterocycles. The molecule has 0 atom stereocenters. The minimum Gasteiger partial charge on any atom is -0.461 e. The Labute approximate surface area is 175 Å². The number of carbonyl (C=O) groups excluding carboxylic acids is 1. The Morgan fingerprint density at radius 3 is 2.48 bits per heavy atom. The van der Waals surface area contributed by atoms with Crippen LogP contribution in [0.1, 0.15) is 17.4 Å². The van der Waals surface area contributed by atoms with E-state index in [0.29, 0.717) is 10.2 Å². The topological polar surface area (TPSA) is 105 Å². The summed E-state index contributed by atoms with van der Waals surface area (Å²) in [4.78, 5) is 24.8. The molecule has 8 nitrogen and oxygen atoms in total. The number of carbonyl (C=O) groups is 1. The molecule has 0 aliphatic carbocycles. The highest BCUT2D eigenvalue weighted by Gasteiger charge is 2.25. The van der Waals surface area contributed by atoms with E-state index in [1.54, 1.807) is 37.3 Å². The van der Waals surface area contributed by atoms with E-state index in [4.69, 9.17) is 8.92 Å². The van der Waals surface area contributed by atoms with Crippen molar-refractivity contribution in [3.63, 3.8) is 0 Å². The molecule has 10 heteroatoms. The molecule has 3 rings (SSSR count). The molecule has 3 aromatic rings. The third-order valence-corrected chi connectivity index (χ3v) is 5.39. The lowest BCUT2D eigenvalue weighted by molar-refractivity contribution is 0.0515. The molecule has 1 aromatic heterocycles. The molecule has 0 aliphatic heterocycles. The number of hydrogen-bond acceptors (Lipinski definition) is 7. The van der Waals surface area contributed by atoms with Crippen LogP contribution in [0, 0.1) is 0 Å². The summed E-state index contributed by atoms with van der Waals surface area (Å²) in [7, 11) is -4.29. The number of esters is 1. The van der Waals surface area contributed by atoms with Crippen molar-refractivity contribution in [1.82, 2.24) is 9.78 Å². The molecule has 0 aliphatic rings. The van der Waals surface area contributed by atoms with Crippen LogP contribution in [0.2, 0.25) is 0 Å². The summed E-state index contributed by atoms with van der Waals surface area (Å²) in [5.41, 5.74) is -0.757.